The number of hydrogen-bond acceptors (Lipinski definition) is 5. The highest BCUT2D eigenvalue weighted by atomic mass is 79.9. The average molecular weight is 357 g/mol. The number of allylic oxidation sites excluding steroid dienone is 1. The Morgan fingerprint density at radius 1 is 1.48 bits per heavy atom. The molecule has 21 heavy (non-hydrogen) atoms. The van der Waals surface area contributed by atoms with E-state index < -0.39 is 0 Å². The van der Waals surface area contributed by atoms with Gasteiger partial charge < -0.3 is 10.1 Å². The Hall–Kier alpha value is -1.18. The second-order valence-corrected chi connectivity index (χ2v) is 5.68. The van der Waals surface area contributed by atoms with Crippen molar-refractivity contribution in [2.75, 3.05) is 44.7 Å². The summed E-state index contributed by atoms with van der Waals surface area (Å²) in [5, 5.41) is 7.37. The van der Waals surface area contributed by atoms with Gasteiger partial charge in [-0.2, -0.15) is 5.10 Å². The largest absolute Gasteiger partial charge is 0.383 e. The zero-order chi connectivity index (χ0) is 15.1. The fourth-order valence-electron chi connectivity index (χ4n) is 2.19. The molecule has 0 unspecified atom stereocenters. The van der Waals surface area contributed by atoms with Gasteiger partial charge in [0.15, 0.2) is 0 Å². The summed E-state index contributed by atoms with van der Waals surface area (Å²) in [6.45, 7) is 9.52. The van der Waals surface area contributed by atoms with E-state index in [0.717, 1.165) is 51.5 Å². The second kappa shape index (κ2) is 8.31. The van der Waals surface area contributed by atoms with Gasteiger partial charge in [0.2, 0.25) is 0 Å². The van der Waals surface area contributed by atoms with E-state index in [9.17, 15) is 4.79 Å². The van der Waals surface area contributed by atoms with Crippen LogP contribution in [0.25, 0.3) is 0 Å². The first-order valence-corrected chi connectivity index (χ1v) is 7.92. The lowest BCUT2D eigenvalue weighted by atomic mass is 10.3. The van der Waals surface area contributed by atoms with Crippen molar-refractivity contribution in [1.29, 1.82) is 0 Å². The molecule has 0 atom stereocenters. The summed E-state index contributed by atoms with van der Waals surface area (Å²) in [4.78, 5) is 14.4. The Morgan fingerprint density at radius 3 is 2.95 bits per heavy atom. The number of rotatable bonds is 7. The maximum Gasteiger partial charge on any atom is 0.283 e. The monoisotopic (exact) mass is 356 g/mol. The molecule has 0 radical (unpaired) electrons. The maximum atomic E-state index is 12.0. The molecule has 1 aromatic rings. The summed E-state index contributed by atoms with van der Waals surface area (Å²) < 4.78 is 7.21. The van der Waals surface area contributed by atoms with Crippen molar-refractivity contribution in [3.8, 4) is 0 Å². The molecule has 1 aliphatic rings. The fraction of sp³-hybridized carbons (Fsp3) is 0.571. The highest BCUT2D eigenvalue weighted by Gasteiger charge is 2.10. The van der Waals surface area contributed by atoms with Gasteiger partial charge in [0.05, 0.1) is 31.6 Å². The van der Waals surface area contributed by atoms with Gasteiger partial charge in [-0.15, -0.1) is 6.58 Å². The van der Waals surface area contributed by atoms with Gasteiger partial charge >= 0.3 is 0 Å². The molecular weight excluding hydrogens is 336 g/mol. The van der Waals surface area contributed by atoms with E-state index in [2.05, 4.69) is 37.8 Å². The van der Waals surface area contributed by atoms with Gasteiger partial charge in [-0.3, -0.25) is 9.69 Å². The van der Waals surface area contributed by atoms with Crippen molar-refractivity contribution in [3.63, 3.8) is 0 Å². The summed E-state index contributed by atoms with van der Waals surface area (Å²) in [5.74, 6) is 0. The number of ether oxygens (including phenoxy) is 1. The van der Waals surface area contributed by atoms with Gasteiger partial charge in [-0.05, 0) is 28.9 Å². The molecule has 0 bridgehead atoms. The van der Waals surface area contributed by atoms with E-state index in [1.807, 2.05) is 0 Å². The van der Waals surface area contributed by atoms with Crippen LogP contribution in [0.2, 0.25) is 0 Å². The minimum Gasteiger partial charge on any atom is -0.383 e. The summed E-state index contributed by atoms with van der Waals surface area (Å²) in [5.41, 5.74) is 0.593. The lowest BCUT2D eigenvalue weighted by molar-refractivity contribution is 0.0378. The Balaban J connectivity index is 1.81. The van der Waals surface area contributed by atoms with Crippen LogP contribution in [0.3, 0.4) is 0 Å². The van der Waals surface area contributed by atoms with E-state index in [-0.39, 0.29) is 5.56 Å². The molecule has 0 saturated carbocycles. The molecule has 1 saturated heterocycles. The molecule has 1 aromatic heterocycles. The van der Waals surface area contributed by atoms with Crippen molar-refractivity contribution in [2.45, 2.75) is 13.0 Å². The molecule has 7 heteroatoms. The van der Waals surface area contributed by atoms with E-state index in [0.29, 0.717) is 11.0 Å². The van der Waals surface area contributed by atoms with E-state index in [1.165, 1.54) is 4.68 Å². The van der Waals surface area contributed by atoms with Crippen molar-refractivity contribution in [2.24, 2.45) is 0 Å². The molecule has 116 valence electrons. The third kappa shape index (κ3) is 4.66. The SMILES string of the molecule is C=CCn1ncc(NCCCN2CCOCC2)c(Br)c1=O. The first kappa shape index (κ1) is 16.2. The van der Waals surface area contributed by atoms with Crippen LogP contribution in [-0.4, -0.2) is 54.1 Å². The quantitative estimate of drug-likeness (QED) is 0.589. The molecule has 1 fully saturated rings. The van der Waals surface area contributed by atoms with Gasteiger partial charge in [0, 0.05) is 19.6 Å². The summed E-state index contributed by atoms with van der Waals surface area (Å²) in [6, 6.07) is 0. The molecule has 2 heterocycles. The molecule has 1 N–H and O–H groups in total. The zero-order valence-electron chi connectivity index (χ0n) is 12.1. The predicted molar refractivity (Wildman–Crippen MR) is 86.8 cm³/mol. The summed E-state index contributed by atoms with van der Waals surface area (Å²) >= 11 is 3.33. The number of halogens is 1. The smallest absolute Gasteiger partial charge is 0.283 e. The lowest BCUT2D eigenvalue weighted by Gasteiger charge is -2.26. The topological polar surface area (TPSA) is 59.4 Å². The van der Waals surface area contributed by atoms with Crippen molar-refractivity contribution < 1.29 is 4.74 Å². The van der Waals surface area contributed by atoms with Crippen LogP contribution in [0.5, 0.6) is 0 Å². The molecule has 0 amide bonds. The molecule has 0 aromatic carbocycles. The third-order valence-corrected chi connectivity index (χ3v) is 4.12. The van der Waals surface area contributed by atoms with Gasteiger partial charge in [-0.25, -0.2) is 4.68 Å². The van der Waals surface area contributed by atoms with Gasteiger partial charge in [0.25, 0.3) is 5.56 Å². The van der Waals surface area contributed by atoms with E-state index in [4.69, 9.17) is 4.74 Å². The van der Waals surface area contributed by atoms with Crippen LogP contribution in [0, 0.1) is 0 Å². The lowest BCUT2D eigenvalue weighted by Crippen LogP contribution is -2.37. The number of nitrogens with zero attached hydrogens (tertiary/aromatic N) is 3. The molecule has 0 spiro atoms. The van der Waals surface area contributed by atoms with Crippen LogP contribution in [0.15, 0.2) is 28.1 Å². The molecule has 1 aliphatic heterocycles. The zero-order valence-corrected chi connectivity index (χ0v) is 13.6. The first-order valence-electron chi connectivity index (χ1n) is 7.13. The van der Waals surface area contributed by atoms with Gasteiger partial charge in [-0.1, -0.05) is 6.08 Å². The number of nitrogens with one attached hydrogen (secondary N) is 1. The molecule has 6 nitrogen and oxygen atoms in total. The van der Waals surface area contributed by atoms with Crippen LogP contribution < -0.4 is 10.9 Å². The fourth-order valence-corrected chi connectivity index (χ4v) is 2.64. The highest BCUT2D eigenvalue weighted by molar-refractivity contribution is 9.10. The van der Waals surface area contributed by atoms with Crippen LogP contribution in [-0.2, 0) is 11.3 Å². The minimum absolute atomic E-state index is 0.145. The van der Waals surface area contributed by atoms with E-state index >= 15 is 0 Å². The van der Waals surface area contributed by atoms with Crippen molar-refractivity contribution >= 4 is 21.6 Å². The molecule has 0 aliphatic carbocycles. The summed E-state index contributed by atoms with van der Waals surface area (Å²) in [7, 11) is 0. The Bertz CT molecular complexity index is 526. The number of aromatic nitrogens is 2. The van der Waals surface area contributed by atoms with E-state index in [1.54, 1.807) is 12.3 Å². The maximum absolute atomic E-state index is 12.0. The third-order valence-electron chi connectivity index (χ3n) is 3.36. The van der Waals surface area contributed by atoms with Crippen LogP contribution in [0.1, 0.15) is 6.42 Å². The minimum atomic E-state index is -0.145. The molecular formula is C14H21BrN4O2. The number of anilines is 1. The Kier molecular flexibility index (Phi) is 6.41. The van der Waals surface area contributed by atoms with Crippen LogP contribution in [0.4, 0.5) is 5.69 Å². The van der Waals surface area contributed by atoms with Gasteiger partial charge in [0.1, 0.15) is 4.47 Å². The first-order chi connectivity index (χ1) is 10.2. The number of hydrogen-bond donors (Lipinski definition) is 1. The predicted octanol–water partition coefficient (Wildman–Crippen LogP) is 1.33. The highest BCUT2D eigenvalue weighted by Crippen LogP contribution is 2.15. The molecule has 2 rings (SSSR count). The normalized spacial score (nSPS) is 15.9. The average Bonchev–Trinajstić information content (AvgIpc) is 2.51. The van der Waals surface area contributed by atoms with Crippen molar-refractivity contribution in [3.05, 3.63) is 33.7 Å². The Morgan fingerprint density at radius 2 is 2.24 bits per heavy atom. The number of morpholine rings is 1. The standard InChI is InChI=1S/C14H21BrN4O2/c1-2-5-19-14(20)13(15)12(11-17-19)16-4-3-6-18-7-9-21-10-8-18/h2,11,16H,1,3-10H2. The van der Waals surface area contributed by atoms with Crippen LogP contribution >= 0.6 is 15.9 Å². The second-order valence-electron chi connectivity index (χ2n) is 4.88. The Labute approximate surface area is 132 Å². The summed E-state index contributed by atoms with van der Waals surface area (Å²) in [6.07, 6.45) is 4.34. The van der Waals surface area contributed by atoms with Crippen molar-refractivity contribution in [1.82, 2.24) is 14.7 Å².